The number of aromatic nitrogens is 4. The molecule has 5 nitrogen and oxygen atoms in total. The lowest BCUT2D eigenvalue weighted by Gasteiger charge is -2.17. The van der Waals surface area contributed by atoms with Gasteiger partial charge in [0, 0.05) is 37.1 Å². The molecule has 0 radical (unpaired) electrons. The van der Waals surface area contributed by atoms with Crippen molar-refractivity contribution in [3.05, 3.63) is 60.3 Å². The Hall–Kier alpha value is -2.40. The molecule has 0 saturated heterocycles. The van der Waals surface area contributed by atoms with Gasteiger partial charge in [0.05, 0.1) is 17.7 Å². The molecule has 0 spiro atoms. The summed E-state index contributed by atoms with van der Waals surface area (Å²) in [4.78, 5) is 6.57. The summed E-state index contributed by atoms with van der Waals surface area (Å²) >= 11 is 0. The first-order valence-electron chi connectivity index (χ1n) is 8.39. The van der Waals surface area contributed by atoms with Crippen molar-refractivity contribution in [2.24, 2.45) is 5.92 Å². The summed E-state index contributed by atoms with van der Waals surface area (Å²) in [7, 11) is 2.12. The Balaban J connectivity index is 1.62. The van der Waals surface area contributed by atoms with E-state index in [0.29, 0.717) is 5.92 Å². The van der Waals surface area contributed by atoms with E-state index in [1.54, 1.807) is 0 Å². The number of nitrogens with zero attached hydrogens (tertiary/aromatic N) is 4. The Morgan fingerprint density at radius 1 is 1.17 bits per heavy atom. The molecule has 0 atom stereocenters. The zero-order valence-electron chi connectivity index (χ0n) is 14.6. The topological polar surface area (TPSA) is 49.7 Å². The number of benzene rings is 1. The van der Waals surface area contributed by atoms with Crippen molar-refractivity contribution >= 4 is 0 Å². The van der Waals surface area contributed by atoms with E-state index in [4.69, 9.17) is 0 Å². The molecule has 0 aliphatic carbocycles. The molecular weight excluding hydrogens is 298 g/mol. The van der Waals surface area contributed by atoms with Crippen molar-refractivity contribution in [1.29, 1.82) is 0 Å². The summed E-state index contributed by atoms with van der Waals surface area (Å²) in [5.74, 6) is 0.615. The highest BCUT2D eigenvalue weighted by molar-refractivity contribution is 5.58. The standard InChI is InChI=1S/C19H25N5/c1-15(2)11-24-14-20-10-18(24)13-23(3)12-17-9-19(22-21-17)16-7-5-4-6-8-16/h4-10,14-15H,11-13H2,1-3H3,(H,21,22). The average Bonchev–Trinajstić information content (AvgIpc) is 3.18. The molecule has 5 heteroatoms. The molecule has 1 aromatic carbocycles. The minimum Gasteiger partial charge on any atom is -0.333 e. The minimum atomic E-state index is 0.615. The summed E-state index contributed by atoms with van der Waals surface area (Å²) in [5.41, 5.74) is 4.49. The fourth-order valence-electron chi connectivity index (χ4n) is 2.86. The van der Waals surface area contributed by atoms with Crippen molar-refractivity contribution in [1.82, 2.24) is 24.6 Å². The number of aromatic amines is 1. The van der Waals surface area contributed by atoms with Gasteiger partial charge in [0.25, 0.3) is 0 Å². The first-order chi connectivity index (χ1) is 11.6. The first kappa shape index (κ1) is 16.5. The molecule has 0 fully saturated rings. The van der Waals surface area contributed by atoms with Crippen LogP contribution >= 0.6 is 0 Å². The van der Waals surface area contributed by atoms with Crippen LogP contribution < -0.4 is 0 Å². The number of imidazole rings is 1. The zero-order chi connectivity index (χ0) is 16.9. The van der Waals surface area contributed by atoms with Gasteiger partial charge in [-0.15, -0.1) is 0 Å². The fourth-order valence-corrected chi connectivity index (χ4v) is 2.86. The molecule has 2 heterocycles. The lowest BCUT2D eigenvalue weighted by Crippen LogP contribution is -2.20. The summed E-state index contributed by atoms with van der Waals surface area (Å²) < 4.78 is 2.24. The number of hydrogen-bond donors (Lipinski definition) is 1. The Morgan fingerprint density at radius 2 is 1.96 bits per heavy atom. The second-order valence-electron chi connectivity index (χ2n) is 6.75. The van der Waals surface area contributed by atoms with Crippen LogP contribution in [-0.4, -0.2) is 31.7 Å². The minimum absolute atomic E-state index is 0.615. The number of nitrogens with one attached hydrogen (secondary N) is 1. The predicted molar refractivity (Wildman–Crippen MR) is 96.3 cm³/mol. The molecule has 0 aliphatic rings. The number of H-pyrrole nitrogens is 1. The van der Waals surface area contributed by atoms with Gasteiger partial charge in [0.1, 0.15) is 0 Å². The molecule has 2 aromatic heterocycles. The third-order valence-corrected chi connectivity index (χ3v) is 3.93. The SMILES string of the molecule is CC(C)Cn1cncc1CN(C)Cc1cc(-c2ccccc2)n[nH]1. The molecule has 0 unspecified atom stereocenters. The van der Waals surface area contributed by atoms with Gasteiger partial charge in [-0.3, -0.25) is 10.00 Å². The molecule has 0 bridgehead atoms. The number of rotatable bonds is 7. The Morgan fingerprint density at radius 3 is 2.71 bits per heavy atom. The van der Waals surface area contributed by atoms with Crippen molar-refractivity contribution in [3.63, 3.8) is 0 Å². The lowest BCUT2D eigenvalue weighted by atomic mass is 10.1. The normalized spacial score (nSPS) is 11.5. The van der Waals surface area contributed by atoms with E-state index in [9.17, 15) is 0 Å². The van der Waals surface area contributed by atoms with Crippen LogP contribution in [0, 0.1) is 5.92 Å². The van der Waals surface area contributed by atoms with E-state index >= 15 is 0 Å². The van der Waals surface area contributed by atoms with E-state index in [1.807, 2.05) is 30.7 Å². The van der Waals surface area contributed by atoms with Gasteiger partial charge in [0.2, 0.25) is 0 Å². The monoisotopic (exact) mass is 323 g/mol. The van der Waals surface area contributed by atoms with Crippen molar-refractivity contribution in [2.45, 2.75) is 33.5 Å². The molecule has 126 valence electrons. The van der Waals surface area contributed by atoms with Crippen LogP contribution in [0.4, 0.5) is 0 Å². The Bertz CT molecular complexity index is 757. The molecule has 3 aromatic rings. The molecule has 3 rings (SSSR count). The van der Waals surface area contributed by atoms with Crippen LogP contribution in [-0.2, 0) is 19.6 Å². The van der Waals surface area contributed by atoms with Crippen molar-refractivity contribution in [2.75, 3.05) is 7.05 Å². The lowest BCUT2D eigenvalue weighted by molar-refractivity contribution is 0.303. The third-order valence-electron chi connectivity index (χ3n) is 3.93. The smallest absolute Gasteiger partial charge is 0.0948 e. The first-order valence-corrected chi connectivity index (χ1v) is 8.39. The van der Waals surface area contributed by atoms with Gasteiger partial charge in [-0.05, 0) is 19.0 Å². The molecule has 1 N–H and O–H groups in total. The van der Waals surface area contributed by atoms with E-state index in [1.165, 1.54) is 5.69 Å². The average molecular weight is 323 g/mol. The van der Waals surface area contributed by atoms with Crippen molar-refractivity contribution in [3.8, 4) is 11.3 Å². The Kier molecular flexibility index (Phi) is 5.11. The van der Waals surface area contributed by atoms with Gasteiger partial charge in [-0.1, -0.05) is 44.2 Å². The maximum atomic E-state index is 4.42. The Labute approximate surface area is 143 Å². The highest BCUT2D eigenvalue weighted by Gasteiger charge is 2.10. The molecule has 0 aliphatic heterocycles. The van der Waals surface area contributed by atoms with E-state index in [-0.39, 0.29) is 0 Å². The third kappa shape index (κ3) is 4.11. The van der Waals surface area contributed by atoms with E-state index in [0.717, 1.165) is 36.6 Å². The highest BCUT2D eigenvalue weighted by atomic mass is 15.2. The van der Waals surface area contributed by atoms with Gasteiger partial charge < -0.3 is 4.57 Å². The molecule has 24 heavy (non-hydrogen) atoms. The quantitative estimate of drug-likeness (QED) is 0.723. The zero-order valence-corrected chi connectivity index (χ0v) is 14.6. The molecule has 0 amide bonds. The van der Waals surface area contributed by atoms with Crippen LogP contribution in [0.1, 0.15) is 25.2 Å². The van der Waals surface area contributed by atoms with Crippen LogP contribution in [0.2, 0.25) is 0 Å². The maximum Gasteiger partial charge on any atom is 0.0948 e. The van der Waals surface area contributed by atoms with E-state index in [2.05, 4.69) is 63.7 Å². The summed E-state index contributed by atoms with van der Waals surface area (Å²) in [5, 5.41) is 7.57. The van der Waals surface area contributed by atoms with Crippen LogP contribution in [0.3, 0.4) is 0 Å². The molecular formula is C19H25N5. The van der Waals surface area contributed by atoms with Gasteiger partial charge in [-0.25, -0.2) is 4.98 Å². The highest BCUT2D eigenvalue weighted by Crippen LogP contribution is 2.18. The fraction of sp³-hybridized carbons (Fsp3) is 0.368. The van der Waals surface area contributed by atoms with Gasteiger partial charge in [-0.2, -0.15) is 5.10 Å². The number of hydrogen-bond acceptors (Lipinski definition) is 3. The van der Waals surface area contributed by atoms with E-state index < -0.39 is 0 Å². The van der Waals surface area contributed by atoms with Crippen LogP contribution in [0.25, 0.3) is 11.3 Å². The predicted octanol–water partition coefficient (Wildman–Crippen LogP) is 3.56. The largest absolute Gasteiger partial charge is 0.333 e. The molecule has 0 saturated carbocycles. The maximum absolute atomic E-state index is 4.42. The van der Waals surface area contributed by atoms with Gasteiger partial charge in [0.15, 0.2) is 0 Å². The summed E-state index contributed by atoms with van der Waals surface area (Å²) in [6.07, 6.45) is 3.88. The summed E-state index contributed by atoms with van der Waals surface area (Å²) in [6.45, 7) is 7.15. The van der Waals surface area contributed by atoms with Crippen LogP contribution in [0.5, 0.6) is 0 Å². The van der Waals surface area contributed by atoms with Crippen molar-refractivity contribution < 1.29 is 0 Å². The summed E-state index contributed by atoms with van der Waals surface area (Å²) in [6, 6.07) is 12.4. The van der Waals surface area contributed by atoms with Crippen LogP contribution in [0.15, 0.2) is 48.9 Å². The second-order valence-corrected chi connectivity index (χ2v) is 6.75. The second kappa shape index (κ2) is 7.45. The van der Waals surface area contributed by atoms with Gasteiger partial charge >= 0.3 is 0 Å².